The van der Waals surface area contributed by atoms with Crippen LogP contribution in [0.5, 0.6) is 0 Å². The molecule has 1 aromatic heterocycles. The molecule has 1 amide bonds. The molecule has 0 bridgehead atoms. The lowest BCUT2D eigenvalue weighted by atomic mass is 9.98. The van der Waals surface area contributed by atoms with Crippen molar-refractivity contribution in [3.05, 3.63) is 30.1 Å². The Kier molecular flexibility index (Phi) is 2.44. The molecule has 4 heteroatoms. The van der Waals surface area contributed by atoms with Crippen LogP contribution in [0.25, 0.3) is 0 Å². The summed E-state index contributed by atoms with van der Waals surface area (Å²) in [4.78, 5) is 15.9. The largest absolute Gasteiger partial charge is 0.353 e. The van der Waals surface area contributed by atoms with Gasteiger partial charge in [0.25, 0.3) is 0 Å². The molecule has 2 heterocycles. The van der Waals surface area contributed by atoms with Crippen molar-refractivity contribution in [2.45, 2.75) is 25.4 Å². The van der Waals surface area contributed by atoms with Crippen molar-refractivity contribution in [1.82, 2.24) is 15.6 Å². The second-order valence-corrected chi connectivity index (χ2v) is 4.43. The quantitative estimate of drug-likeness (QED) is 0.706. The van der Waals surface area contributed by atoms with Crippen molar-refractivity contribution in [2.24, 2.45) is 0 Å². The highest BCUT2D eigenvalue weighted by Crippen LogP contribution is 2.18. The van der Waals surface area contributed by atoms with Crippen molar-refractivity contribution in [3.63, 3.8) is 0 Å². The van der Waals surface area contributed by atoms with Gasteiger partial charge in [-0.2, -0.15) is 0 Å². The van der Waals surface area contributed by atoms with E-state index in [9.17, 15) is 4.79 Å². The smallest absolute Gasteiger partial charge is 0.243 e. The molecule has 80 valence electrons. The van der Waals surface area contributed by atoms with Crippen LogP contribution in [-0.2, 0) is 4.79 Å². The summed E-state index contributed by atoms with van der Waals surface area (Å²) in [6, 6.07) is 5.25. The molecule has 1 fully saturated rings. The number of rotatable bonds is 1. The average Bonchev–Trinajstić information content (AvgIpc) is 2.23. The Labute approximate surface area is 89.1 Å². The molecule has 1 atom stereocenters. The van der Waals surface area contributed by atoms with Gasteiger partial charge in [-0.3, -0.25) is 15.1 Å². The van der Waals surface area contributed by atoms with Crippen molar-refractivity contribution >= 4 is 5.91 Å². The van der Waals surface area contributed by atoms with E-state index in [1.807, 2.05) is 18.2 Å². The summed E-state index contributed by atoms with van der Waals surface area (Å²) in [5.74, 6) is -0.00646. The van der Waals surface area contributed by atoms with E-state index in [0.717, 1.165) is 5.69 Å². The fourth-order valence-corrected chi connectivity index (χ4v) is 1.67. The number of amides is 1. The molecule has 15 heavy (non-hydrogen) atoms. The first kappa shape index (κ1) is 10.1. The molecule has 1 aromatic rings. The van der Waals surface area contributed by atoms with Gasteiger partial charge in [-0.15, -0.1) is 0 Å². The van der Waals surface area contributed by atoms with Crippen LogP contribution in [-0.4, -0.2) is 23.0 Å². The normalized spacial score (nSPS) is 24.7. The zero-order valence-corrected chi connectivity index (χ0v) is 8.95. The zero-order chi connectivity index (χ0) is 10.9. The number of aromatic nitrogens is 1. The number of pyridine rings is 1. The molecule has 1 saturated heterocycles. The van der Waals surface area contributed by atoms with Crippen LogP contribution in [0.2, 0.25) is 0 Å². The second-order valence-electron chi connectivity index (χ2n) is 4.43. The minimum atomic E-state index is -0.338. The second kappa shape index (κ2) is 3.62. The Morgan fingerprint density at radius 2 is 2.27 bits per heavy atom. The van der Waals surface area contributed by atoms with Crippen molar-refractivity contribution in [1.29, 1.82) is 0 Å². The van der Waals surface area contributed by atoms with Crippen molar-refractivity contribution in [2.75, 3.05) is 6.54 Å². The van der Waals surface area contributed by atoms with Crippen LogP contribution >= 0.6 is 0 Å². The van der Waals surface area contributed by atoms with E-state index in [4.69, 9.17) is 0 Å². The maximum Gasteiger partial charge on any atom is 0.243 e. The van der Waals surface area contributed by atoms with Crippen LogP contribution < -0.4 is 10.6 Å². The molecule has 0 spiro atoms. The molecule has 0 aromatic carbocycles. The van der Waals surface area contributed by atoms with Crippen LogP contribution in [0, 0.1) is 0 Å². The lowest BCUT2D eigenvalue weighted by Crippen LogP contribution is -2.59. The van der Waals surface area contributed by atoms with Gasteiger partial charge in [-0.1, -0.05) is 6.07 Å². The highest BCUT2D eigenvalue weighted by Gasteiger charge is 2.33. The van der Waals surface area contributed by atoms with Crippen LogP contribution in [0.3, 0.4) is 0 Å². The summed E-state index contributed by atoms with van der Waals surface area (Å²) in [6.07, 6.45) is 1.70. The summed E-state index contributed by atoms with van der Waals surface area (Å²) in [7, 11) is 0. The molecule has 1 aliphatic rings. The predicted octanol–water partition coefficient (Wildman–Crippen LogP) is 0.621. The molecule has 1 aliphatic heterocycles. The van der Waals surface area contributed by atoms with Gasteiger partial charge in [0, 0.05) is 18.3 Å². The first-order chi connectivity index (χ1) is 7.08. The highest BCUT2D eigenvalue weighted by molar-refractivity contribution is 5.83. The summed E-state index contributed by atoms with van der Waals surface area (Å²) < 4.78 is 0. The summed E-state index contributed by atoms with van der Waals surface area (Å²) >= 11 is 0. The maximum absolute atomic E-state index is 11.7. The molecular formula is C11H15N3O. The Morgan fingerprint density at radius 3 is 2.93 bits per heavy atom. The van der Waals surface area contributed by atoms with Gasteiger partial charge in [-0.25, -0.2) is 0 Å². The number of hydrogen-bond acceptors (Lipinski definition) is 3. The van der Waals surface area contributed by atoms with Gasteiger partial charge in [0.05, 0.1) is 5.69 Å². The summed E-state index contributed by atoms with van der Waals surface area (Å²) in [5, 5.41) is 6.16. The van der Waals surface area contributed by atoms with Gasteiger partial charge in [0.1, 0.15) is 6.04 Å². The van der Waals surface area contributed by atoms with E-state index in [2.05, 4.69) is 29.5 Å². The molecule has 1 unspecified atom stereocenters. The molecular weight excluding hydrogens is 190 g/mol. The summed E-state index contributed by atoms with van der Waals surface area (Å²) in [5.41, 5.74) is 0.679. The third-order valence-corrected chi connectivity index (χ3v) is 2.49. The van der Waals surface area contributed by atoms with E-state index >= 15 is 0 Å². The molecule has 4 nitrogen and oxygen atoms in total. The van der Waals surface area contributed by atoms with E-state index in [-0.39, 0.29) is 17.5 Å². The summed E-state index contributed by atoms with van der Waals surface area (Å²) in [6.45, 7) is 4.76. The minimum absolute atomic E-state index is 0.00646. The van der Waals surface area contributed by atoms with Crippen LogP contribution in [0.15, 0.2) is 24.4 Å². The maximum atomic E-state index is 11.7. The fourth-order valence-electron chi connectivity index (χ4n) is 1.67. The zero-order valence-electron chi connectivity index (χ0n) is 8.95. The average molecular weight is 205 g/mol. The third-order valence-electron chi connectivity index (χ3n) is 2.49. The SMILES string of the molecule is CC1(C)CNC(=O)C(c2ccccn2)N1. The van der Waals surface area contributed by atoms with E-state index in [1.54, 1.807) is 6.20 Å². The Balaban J connectivity index is 2.24. The van der Waals surface area contributed by atoms with E-state index < -0.39 is 0 Å². The Hall–Kier alpha value is -1.42. The lowest BCUT2D eigenvalue weighted by molar-refractivity contribution is -0.126. The topological polar surface area (TPSA) is 54.0 Å². The van der Waals surface area contributed by atoms with Crippen LogP contribution in [0.4, 0.5) is 0 Å². The van der Waals surface area contributed by atoms with E-state index in [1.165, 1.54) is 0 Å². The molecule has 2 rings (SSSR count). The first-order valence-electron chi connectivity index (χ1n) is 5.05. The molecule has 0 radical (unpaired) electrons. The third kappa shape index (κ3) is 2.15. The Bertz CT molecular complexity index is 361. The fraction of sp³-hybridized carbons (Fsp3) is 0.455. The molecule has 0 aliphatic carbocycles. The lowest BCUT2D eigenvalue weighted by Gasteiger charge is -2.36. The van der Waals surface area contributed by atoms with Gasteiger partial charge >= 0.3 is 0 Å². The van der Waals surface area contributed by atoms with Gasteiger partial charge in [0.2, 0.25) is 5.91 Å². The number of carbonyl (C=O) groups excluding carboxylic acids is 1. The van der Waals surface area contributed by atoms with Gasteiger partial charge < -0.3 is 5.32 Å². The van der Waals surface area contributed by atoms with E-state index in [0.29, 0.717) is 6.54 Å². The van der Waals surface area contributed by atoms with Gasteiger partial charge in [-0.05, 0) is 26.0 Å². The number of nitrogens with one attached hydrogen (secondary N) is 2. The van der Waals surface area contributed by atoms with Crippen molar-refractivity contribution in [3.8, 4) is 0 Å². The highest BCUT2D eigenvalue weighted by atomic mass is 16.2. The first-order valence-corrected chi connectivity index (χ1v) is 5.05. The number of carbonyl (C=O) groups is 1. The number of hydrogen-bond donors (Lipinski definition) is 2. The number of nitrogens with zero attached hydrogens (tertiary/aromatic N) is 1. The molecule has 0 saturated carbocycles. The standard InChI is InChI=1S/C11H15N3O/c1-11(2)7-13-10(15)9(14-11)8-5-3-4-6-12-8/h3-6,9,14H,7H2,1-2H3,(H,13,15). The predicted molar refractivity (Wildman–Crippen MR) is 57.2 cm³/mol. The monoisotopic (exact) mass is 205 g/mol. The Morgan fingerprint density at radius 1 is 1.47 bits per heavy atom. The van der Waals surface area contributed by atoms with Gasteiger partial charge in [0.15, 0.2) is 0 Å². The minimum Gasteiger partial charge on any atom is -0.353 e. The van der Waals surface area contributed by atoms with Crippen molar-refractivity contribution < 1.29 is 4.79 Å². The number of piperazine rings is 1. The van der Waals surface area contributed by atoms with Crippen LogP contribution in [0.1, 0.15) is 25.6 Å². The molecule has 2 N–H and O–H groups in total.